The van der Waals surface area contributed by atoms with Crippen molar-refractivity contribution in [2.75, 3.05) is 19.8 Å². The fraction of sp³-hybridized carbons (Fsp3) is 0.308. The predicted octanol–water partition coefficient (Wildman–Crippen LogP) is 1.91. The standard InChI is InChI=1S/C13H16ClNO5S/c1-2-3-7-20-8-6-15-21(18,19)12-9-10(13(16)17)4-5-11(12)14/h2,4-5,9,15H,1,3,6-8H2,(H,16,17). The molecule has 116 valence electrons. The van der Waals surface area contributed by atoms with Crippen LogP contribution in [0.25, 0.3) is 0 Å². The van der Waals surface area contributed by atoms with Crippen molar-refractivity contribution < 1.29 is 23.1 Å². The first-order chi connectivity index (χ1) is 9.88. The largest absolute Gasteiger partial charge is 0.478 e. The monoisotopic (exact) mass is 333 g/mol. The molecule has 0 fully saturated rings. The van der Waals surface area contributed by atoms with Crippen molar-refractivity contribution in [2.24, 2.45) is 0 Å². The van der Waals surface area contributed by atoms with E-state index in [0.29, 0.717) is 13.0 Å². The maximum atomic E-state index is 12.1. The van der Waals surface area contributed by atoms with E-state index in [2.05, 4.69) is 11.3 Å². The molecule has 0 heterocycles. The van der Waals surface area contributed by atoms with Crippen LogP contribution in [0.4, 0.5) is 0 Å². The fourth-order valence-electron chi connectivity index (χ4n) is 1.44. The van der Waals surface area contributed by atoms with Gasteiger partial charge in [0.25, 0.3) is 0 Å². The molecule has 0 aliphatic rings. The van der Waals surface area contributed by atoms with Crippen molar-refractivity contribution >= 4 is 27.6 Å². The Morgan fingerprint density at radius 1 is 1.43 bits per heavy atom. The molecule has 0 amide bonds. The lowest BCUT2D eigenvalue weighted by Crippen LogP contribution is -2.28. The number of hydrogen-bond donors (Lipinski definition) is 2. The maximum Gasteiger partial charge on any atom is 0.335 e. The minimum absolute atomic E-state index is 0.0416. The topological polar surface area (TPSA) is 92.7 Å². The van der Waals surface area contributed by atoms with Gasteiger partial charge in [0, 0.05) is 6.54 Å². The predicted molar refractivity (Wildman–Crippen MR) is 79.2 cm³/mol. The quantitative estimate of drug-likeness (QED) is 0.532. The summed E-state index contributed by atoms with van der Waals surface area (Å²) in [6.45, 7) is 4.25. The number of halogens is 1. The van der Waals surface area contributed by atoms with E-state index in [1.165, 1.54) is 12.1 Å². The van der Waals surface area contributed by atoms with E-state index in [1.54, 1.807) is 6.08 Å². The van der Waals surface area contributed by atoms with Crippen LogP contribution in [0.5, 0.6) is 0 Å². The van der Waals surface area contributed by atoms with Gasteiger partial charge in [0.2, 0.25) is 10.0 Å². The number of aromatic carboxylic acids is 1. The molecule has 6 nitrogen and oxygen atoms in total. The minimum atomic E-state index is -3.89. The molecule has 2 N–H and O–H groups in total. The van der Waals surface area contributed by atoms with E-state index in [4.69, 9.17) is 21.4 Å². The van der Waals surface area contributed by atoms with Gasteiger partial charge in [-0.15, -0.1) is 6.58 Å². The van der Waals surface area contributed by atoms with Crippen molar-refractivity contribution in [1.29, 1.82) is 0 Å². The van der Waals surface area contributed by atoms with Gasteiger partial charge < -0.3 is 9.84 Å². The summed E-state index contributed by atoms with van der Waals surface area (Å²) in [6.07, 6.45) is 2.38. The Morgan fingerprint density at radius 2 is 2.14 bits per heavy atom. The molecule has 0 spiro atoms. The van der Waals surface area contributed by atoms with Crippen LogP contribution in [0.15, 0.2) is 35.7 Å². The number of rotatable bonds is 9. The fourth-order valence-corrected chi connectivity index (χ4v) is 2.97. The zero-order valence-corrected chi connectivity index (χ0v) is 12.8. The Labute approximate surface area is 128 Å². The molecule has 0 bridgehead atoms. The van der Waals surface area contributed by atoms with E-state index < -0.39 is 16.0 Å². The summed E-state index contributed by atoms with van der Waals surface area (Å²) >= 11 is 5.81. The highest BCUT2D eigenvalue weighted by Crippen LogP contribution is 2.22. The Hall–Kier alpha value is -1.41. The molecular formula is C13H16ClNO5S. The highest BCUT2D eigenvalue weighted by Gasteiger charge is 2.19. The van der Waals surface area contributed by atoms with Crippen LogP contribution in [0, 0.1) is 0 Å². The first-order valence-electron chi connectivity index (χ1n) is 6.09. The molecular weight excluding hydrogens is 318 g/mol. The Balaban J connectivity index is 2.72. The van der Waals surface area contributed by atoms with Gasteiger partial charge in [0.15, 0.2) is 0 Å². The molecule has 1 aromatic carbocycles. The highest BCUT2D eigenvalue weighted by atomic mass is 35.5. The number of carboxylic acids is 1. The number of ether oxygens (including phenoxy) is 1. The molecule has 0 saturated heterocycles. The number of benzene rings is 1. The lowest BCUT2D eigenvalue weighted by molar-refractivity contribution is 0.0696. The third-order valence-corrected chi connectivity index (χ3v) is 4.42. The molecule has 0 aliphatic carbocycles. The van der Waals surface area contributed by atoms with Crippen molar-refractivity contribution in [3.05, 3.63) is 41.4 Å². The average molecular weight is 334 g/mol. The zero-order chi connectivity index (χ0) is 15.9. The van der Waals surface area contributed by atoms with Crippen LogP contribution in [0.3, 0.4) is 0 Å². The third kappa shape index (κ3) is 5.47. The summed E-state index contributed by atoms with van der Waals surface area (Å²) in [6, 6.07) is 3.49. The number of nitrogens with one attached hydrogen (secondary N) is 1. The van der Waals surface area contributed by atoms with Gasteiger partial charge in [0.05, 0.1) is 23.8 Å². The molecule has 0 aliphatic heterocycles. The van der Waals surface area contributed by atoms with E-state index >= 15 is 0 Å². The van der Waals surface area contributed by atoms with Crippen molar-refractivity contribution in [3.8, 4) is 0 Å². The summed E-state index contributed by atoms with van der Waals surface area (Å²) in [5.41, 5.74) is -0.151. The van der Waals surface area contributed by atoms with Crippen LogP contribution in [-0.4, -0.2) is 39.3 Å². The highest BCUT2D eigenvalue weighted by molar-refractivity contribution is 7.89. The molecule has 0 atom stereocenters. The van der Waals surface area contributed by atoms with Crippen LogP contribution >= 0.6 is 11.6 Å². The molecule has 0 aromatic heterocycles. The number of hydrogen-bond acceptors (Lipinski definition) is 4. The van der Waals surface area contributed by atoms with Gasteiger partial charge >= 0.3 is 5.97 Å². The first kappa shape index (κ1) is 17.6. The molecule has 1 rings (SSSR count). The second kappa shape index (κ2) is 8.14. The Morgan fingerprint density at radius 3 is 2.76 bits per heavy atom. The number of carbonyl (C=O) groups is 1. The van der Waals surface area contributed by atoms with Gasteiger partial charge in [-0.1, -0.05) is 17.7 Å². The summed E-state index contributed by atoms with van der Waals surface area (Å²) in [5.74, 6) is -1.23. The van der Waals surface area contributed by atoms with Gasteiger partial charge in [-0.2, -0.15) is 0 Å². The van der Waals surface area contributed by atoms with Crippen LogP contribution in [0.1, 0.15) is 16.8 Å². The van der Waals surface area contributed by atoms with Crippen LogP contribution < -0.4 is 4.72 Å². The second-order valence-corrected chi connectivity index (χ2v) is 6.18. The molecule has 0 radical (unpaired) electrons. The average Bonchev–Trinajstić information content (AvgIpc) is 2.42. The summed E-state index contributed by atoms with van der Waals surface area (Å²) in [7, 11) is -3.89. The summed E-state index contributed by atoms with van der Waals surface area (Å²) in [4.78, 5) is 10.6. The third-order valence-electron chi connectivity index (χ3n) is 2.47. The molecule has 0 saturated carbocycles. The van der Waals surface area contributed by atoms with Crippen molar-refractivity contribution in [2.45, 2.75) is 11.3 Å². The van der Waals surface area contributed by atoms with E-state index in [0.717, 1.165) is 6.07 Å². The van der Waals surface area contributed by atoms with E-state index in [1.807, 2.05) is 0 Å². The van der Waals surface area contributed by atoms with Gasteiger partial charge in [-0.05, 0) is 24.6 Å². The first-order valence-corrected chi connectivity index (χ1v) is 7.95. The molecule has 8 heteroatoms. The Kier molecular flexibility index (Phi) is 6.83. The van der Waals surface area contributed by atoms with Crippen LogP contribution in [0.2, 0.25) is 5.02 Å². The van der Waals surface area contributed by atoms with Gasteiger partial charge in [-0.3, -0.25) is 0 Å². The van der Waals surface area contributed by atoms with Crippen molar-refractivity contribution in [3.63, 3.8) is 0 Å². The lowest BCUT2D eigenvalue weighted by atomic mass is 10.2. The molecule has 1 aromatic rings. The lowest BCUT2D eigenvalue weighted by Gasteiger charge is -2.09. The van der Waals surface area contributed by atoms with Crippen LogP contribution in [-0.2, 0) is 14.8 Å². The van der Waals surface area contributed by atoms with Gasteiger partial charge in [0.1, 0.15) is 4.90 Å². The Bertz CT molecular complexity index is 615. The second-order valence-electron chi connectivity index (χ2n) is 4.04. The summed E-state index contributed by atoms with van der Waals surface area (Å²) in [5, 5.41) is 8.83. The zero-order valence-electron chi connectivity index (χ0n) is 11.2. The number of carboxylic acid groups (broad SMARTS) is 1. The normalized spacial score (nSPS) is 11.3. The SMILES string of the molecule is C=CCCOCCNS(=O)(=O)c1cc(C(=O)O)ccc1Cl. The summed E-state index contributed by atoms with van der Waals surface area (Å²) < 4.78 is 31.6. The maximum absolute atomic E-state index is 12.1. The van der Waals surface area contributed by atoms with E-state index in [9.17, 15) is 13.2 Å². The van der Waals surface area contributed by atoms with Crippen molar-refractivity contribution in [1.82, 2.24) is 4.72 Å². The smallest absolute Gasteiger partial charge is 0.335 e. The minimum Gasteiger partial charge on any atom is -0.478 e. The number of sulfonamides is 1. The molecule has 0 unspecified atom stereocenters. The van der Waals surface area contributed by atoms with Gasteiger partial charge in [-0.25, -0.2) is 17.9 Å². The molecule has 21 heavy (non-hydrogen) atoms. The van der Waals surface area contributed by atoms with E-state index in [-0.39, 0.29) is 28.6 Å².